The third kappa shape index (κ3) is 3.69. The Morgan fingerprint density at radius 1 is 1.22 bits per heavy atom. The summed E-state index contributed by atoms with van der Waals surface area (Å²) in [6.07, 6.45) is 2.11. The zero-order valence-electron chi connectivity index (χ0n) is 11.5. The minimum Gasteiger partial charge on any atom is -0.316 e. The van der Waals surface area contributed by atoms with Gasteiger partial charge in [0.2, 0.25) is 0 Å². The number of nitrogens with one attached hydrogen (secondary N) is 1. The lowest BCUT2D eigenvalue weighted by Crippen LogP contribution is -2.27. The highest BCUT2D eigenvalue weighted by molar-refractivity contribution is 6.30. The molecule has 1 aromatic rings. The minimum absolute atomic E-state index is 0.193. The van der Waals surface area contributed by atoms with Gasteiger partial charge in [-0.25, -0.2) is 4.39 Å². The van der Waals surface area contributed by atoms with Crippen LogP contribution in [0.2, 0.25) is 5.02 Å². The minimum atomic E-state index is -0.256. The fraction of sp³-hybridized carbons (Fsp3) is 0.600. The van der Waals surface area contributed by atoms with Crippen molar-refractivity contribution in [3.8, 4) is 0 Å². The summed E-state index contributed by atoms with van der Waals surface area (Å²) in [5.74, 6) is 0.421. The maximum absolute atomic E-state index is 14.2. The van der Waals surface area contributed by atoms with Gasteiger partial charge >= 0.3 is 0 Å². The predicted molar refractivity (Wildman–Crippen MR) is 76.8 cm³/mol. The third-order valence-electron chi connectivity index (χ3n) is 3.61. The van der Waals surface area contributed by atoms with Crippen molar-refractivity contribution < 1.29 is 4.39 Å². The van der Waals surface area contributed by atoms with Crippen LogP contribution in [-0.2, 0) is 0 Å². The van der Waals surface area contributed by atoms with Crippen molar-refractivity contribution in [1.82, 2.24) is 5.32 Å². The summed E-state index contributed by atoms with van der Waals surface area (Å²) in [6, 6.07) is 5.31. The van der Waals surface area contributed by atoms with Gasteiger partial charge in [-0.2, -0.15) is 0 Å². The van der Waals surface area contributed by atoms with Crippen LogP contribution in [0.1, 0.15) is 45.1 Å². The molecule has 0 saturated carbocycles. The van der Waals surface area contributed by atoms with Gasteiger partial charge in [-0.3, -0.25) is 0 Å². The Morgan fingerprint density at radius 2 is 1.89 bits per heavy atom. The Hall–Kier alpha value is -0.600. The Labute approximate surface area is 115 Å². The monoisotopic (exact) mass is 271 g/mol. The zero-order valence-corrected chi connectivity index (χ0v) is 12.2. The van der Waals surface area contributed by atoms with Crippen molar-refractivity contribution in [1.29, 1.82) is 0 Å². The highest BCUT2D eigenvalue weighted by Gasteiger charge is 2.23. The average molecular weight is 272 g/mol. The second kappa shape index (κ2) is 7.75. The number of rotatable bonds is 7. The Bertz CT molecular complexity index is 364. The highest BCUT2D eigenvalue weighted by Crippen LogP contribution is 2.33. The van der Waals surface area contributed by atoms with E-state index in [1.165, 1.54) is 0 Å². The SMILES string of the molecule is CCNCC(c1cccc(Cl)c1F)C(CC)CC. The van der Waals surface area contributed by atoms with Gasteiger partial charge in [0.25, 0.3) is 0 Å². The Balaban J connectivity index is 3.04. The number of benzene rings is 1. The fourth-order valence-electron chi connectivity index (χ4n) is 2.49. The van der Waals surface area contributed by atoms with Gasteiger partial charge in [-0.1, -0.05) is 57.3 Å². The molecule has 0 aromatic heterocycles. The van der Waals surface area contributed by atoms with E-state index in [9.17, 15) is 4.39 Å². The number of hydrogen-bond donors (Lipinski definition) is 1. The molecule has 0 spiro atoms. The smallest absolute Gasteiger partial charge is 0.145 e. The molecule has 1 aromatic carbocycles. The van der Waals surface area contributed by atoms with E-state index in [0.717, 1.165) is 31.5 Å². The number of hydrogen-bond acceptors (Lipinski definition) is 1. The van der Waals surface area contributed by atoms with E-state index in [-0.39, 0.29) is 16.8 Å². The average Bonchev–Trinajstić information content (AvgIpc) is 2.38. The molecule has 1 rings (SSSR count). The zero-order chi connectivity index (χ0) is 13.5. The standard InChI is InChI=1S/C15H23ClFN/c1-4-11(5-2)13(10-18-6-3)12-8-7-9-14(16)15(12)17/h7-9,11,13,18H,4-6,10H2,1-3H3. The largest absolute Gasteiger partial charge is 0.316 e. The van der Waals surface area contributed by atoms with Crippen LogP contribution in [0.4, 0.5) is 4.39 Å². The fourth-order valence-corrected chi connectivity index (χ4v) is 2.68. The maximum Gasteiger partial charge on any atom is 0.145 e. The van der Waals surface area contributed by atoms with Crippen LogP contribution in [0.5, 0.6) is 0 Å². The summed E-state index contributed by atoms with van der Waals surface area (Å²) in [7, 11) is 0. The normalized spacial score (nSPS) is 13.0. The van der Waals surface area contributed by atoms with E-state index in [4.69, 9.17) is 11.6 Å². The van der Waals surface area contributed by atoms with Gasteiger partial charge in [0.1, 0.15) is 5.82 Å². The van der Waals surface area contributed by atoms with Gasteiger partial charge in [0.15, 0.2) is 0 Å². The molecule has 1 atom stereocenters. The van der Waals surface area contributed by atoms with Crippen LogP contribution in [0.15, 0.2) is 18.2 Å². The van der Waals surface area contributed by atoms with Crippen molar-refractivity contribution in [3.05, 3.63) is 34.6 Å². The molecular formula is C15H23ClFN. The summed E-state index contributed by atoms with van der Waals surface area (Å²) in [4.78, 5) is 0. The molecule has 0 radical (unpaired) electrons. The van der Waals surface area contributed by atoms with Crippen LogP contribution in [-0.4, -0.2) is 13.1 Å². The van der Waals surface area contributed by atoms with Gasteiger partial charge < -0.3 is 5.32 Å². The van der Waals surface area contributed by atoms with E-state index in [1.54, 1.807) is 6.07 Å². The van der Waals surface area contributed by atoms with E-state index >= 15 is 0 Å². The summed E-state index contributed by atoms with van der Waals surface area (Å²) in [5, 5.41) is 3.56. The Morgan fingerprint density at radius 3 is 2.44 bits per heavy atom. The van der Waals surface area contributed by atoms with E-state index in [1.807, 2.05) is 12.1 Å². The predicted octanol–water partition coefficient (Wildman–Crippen LogP) is 4.61. The summed E-state index contributed by atoms with van der Waals surface area (Å²) in [5.41, 5.74) is 0.747. The lowest BCUT2D eigenvalue weighted by molar-refractivity contribution is 0.372. The van der Waals surface area contributed by atoms with Crippen molar-refractivity contribution >= 4 is 11.6 Å². The van der Waals surface area contributed by atoms with Gasteiger partial charge in [0, 0.05) is 12.5 Å². The van der Waals surface area contributed by atoms with Gasteiger partial charge in [-0.15, -0.1) is 0 Å². The quantitative estimate of drug-likeness (QED) is 0.764. The molecule has 1 unspecified atom stereocenters. The topological polar surface area (TPSA) is 12.0 Å². The summed E-state index contributed by atoms with van der Waals surface area (Å²) in [6.45, 7) is 8.10. The summed E-state index contributed by atoms with van der Waals surface area (Å²) < 4.78 is 14.2. The van der Waals surface area contributed by atoms with Crippen molar-refractivity contribution in [2.45, 2.75) is 39.5 Å². The number of likely N-dealkylation sites (N-methyl/N-ethyl adjacent to an activating group) is 1. The molecule has 0 aliphatic carbocycles. The lowest BCUT2D eigenvalue weighted by Gasteiger charge is -2.26. The molecule has 0 saturated heterocycles. The molecule has 0 fully saturated rings. The lowest BCUT2D eigenvalue weighted by atomic mass is 9.82. The second-order valence-corrected chi connectivity index (χ2v) is 5.04. The Kier molecular flexibility index (Phi) is 6.66. The third-order valence-corrected chi connectivity index (χ3v) is 3.90. The maximum atomic E-state index is 14.2. The molecule has 0 heterocycles. The van der Waals surface area contributed by atoms with Crippen LogP contribution in [0, 0.1) is 11.7 Å². The van der Waals surface area contributed by atoms with E-state index in [2.05, 4.69) is 26.1 Å². The van der Waals surface area contributed by atoms with Crippen LogP contribution >= 0.6 is 11.6 Å². The number of halogens is 2. The molecule has 0 aliphatic heterocycles. The first kappa shape index (κ1) is 15.5. The van der Waals surface area contributed by atoms with E-state index < -0.39 is 0 Å². The van der Waals surface area contributed by atoms with Crippen LogP contribution < -0.4 is 5.32 Å². The molecule has 0 bridgehead atoms. The van der Waals surface area contributed by atoms with Crippen LogP contribution in [0.25, 0.3) is 0 Å². The van der Waals surface area contributed by atoms with Gasteiger partial charge in [-0.05, 0) is 24.1 Å². The molecule has 0 aliphatic rings. The highest BCUT2D eigenvalue weighted by atomic mass is 35.5. The second-order valence-electron chi connectivity index (χ2n) is 4.63. The first-order chi connectivity index (χ1) is 8.65. The van der Waals surface area contributed by atoms with Gasteiger partial charge in [0.05, 0.1) is 5.02 Å². The molecule has 3 heteroatoms. The van der Waals surface area contributed by atoms with Crippen LogP contribution in [0.3, 0.4) is 0 Å². The first-order valence-electron chi connectivity index (χ1n) is 6.80. The molecule has 1 N–H and O–H groups in total. The molecular weight excluding hydrogens is 249 g/mol. The van der Waals surface area contributed by atoms with Crippen molar-refractivity contribution in [3.63, 3.8) is 0 Å². The van der Waals surface area contributed by atoms with Crippen molar-refractivity contribution in [2.75, 3.05) is 13.1 Å². The van der Waals surface area contributed by atoms with E-state index in [0.29, 0.717) is 5.92 Å². The molecule has 102 valence electrons. The molecule has 0 amide bonds. The molecule has 18 heavy (non-hydrogen) atoms. The first-order valence-corrected chi connectivity index (χ1v) is 7.18. The van der Waals surface area contributed by atoms with Crippen molar-refractivity contribution in [2.24, 2.45) is 5.92 Å². The summed E-state index contributed by atoms with van der Waals surface area (Å²) >= 11 is 5.89. The molecule has 1 nitrogen and oxygen atoms in total.